The minimum absolute atomic E-state index is 0.0416. The van der Waals surface area contributed by atoms with Crippen molar-refractivity contribution < 1.29 is 17.9 Å². The molecule has 0 aliphatic carbocycles. The van der Waals surface area contributed by atoms with Crippen LogP contribution in [0.15, 0.2) is 39.9 Å². The number of hydrogen-bond donors (Lipinski definition) is 1. The topological polar surface area (TPSA) is 79.2 Å². The average Bonchev–Trinajstić information content (AvgIpc) is 2.48. The first-order chi connectivity index (χ1) is 10.7. The summed E-state index contributed by atoms with van der Waals surface area (Å²) >= 11 is 0. The van der Waals surface area contributed by atoms with Gasteiger partial charge in [-0.05, 0) is 24.3 Å². The van der Waals surface area contributed by atoms with Gasteiger partial charge in [-0.2, -0.15) is 13.2 Å². The average molecular weight is 329 g/mol. The van der Waals surface area contributed by atoms with E-state index in [4.69, 9.17) is 10.5 Å². The Hall–Kier alpha value is -2.71. The molecule has 0 spiro atoms. The first-order valence-corrected chi connectivity index (χ1v) is 6.56. The summed E-state index contributed by atoms with van der Waals surface area (Å²) in [5, 5.41) is 0. The smallest absolute Gasteiger partial charge is 0.416 e. The molecule has 1 aromatic carbocycles. The lowest BCUT2D eigenvalue weighted by molar-refractivity contribution is -0.137. The van der Waals surface area contributed by atoms with E-state index in [2.05, 4.69) is 0 Å². The van der Waals surface area contributed by atoms with Gasteiger partial charge >= 0.3 is 11.9 Å². The van der Waals surface area contributed by atoms with Gasteiger partial charge in [-0.15, -0.1) is 0 Å². The SMILES string of the molecule is Cn1c(N)cc(=O)n(CCOc2ccc(C(F)(F)F)cc2)c1=O. The molecule has 0 saturated heterocycles. The maximum Gasteiger partial charge on any atom is 0.416 e. The number of anilines is 1. The van der Waals surface area contributed by atoms with Crippen LogP contribution in [0.2, 0.25) is 0 Å². The van der Waals surface area contributed by atoms with E-state index in [0.717, 1.165) is 27.3 Å². The number of hydrogen-bond acceptors (Lipinski definition) is 4. The second kappa shape index (κ2) is 6.19. The number of aromatic nitrogens is 2. The number of rotatable bonds is 4. The van der Waals surface area contributed by atoms with E-state index in [1.54, 1.807) is 0 Å². The van der Waals surface area contributed by atoms with Crippen molar-refractivity contribution in [3.05, 3.63) is 56.7 Å². The lowest BCUT2D eigenvalue weighted by Gasteiger charge is -2.11. The van der Waals surface area contributed by atoms with Gasteiger partial charge in [-0.3, -0.25) is 13.9 Å². The molecule has 0 amide bonds. The highest BCUT2D eigenvalue weighted by Crippen LogP contribution is 2.30. The lowest BCUT2D eigenvalue weighted by Crippen LogP contribution is -2.40. The third-order valence-corrected chi connectivity index (χ3v) is 3.21. The number of nitrogens with zero attached hydrogens (tertiary/aromatic N) is 2. The van der Waals surface area contributed by atoms with Crippen molar-refractivity contribution in [1.82, 2.24) is 9.13 Å². The number of alkyl halides is 3. The standard InChI is InChI=1S/C14H14F3N3O3/c1-19-11(18)8-12(21)20(13(19)22)6-7-23-10-4-2-9(3-5-10)14(15,16)17/h2-5,8H,6-7,18H2,1H3. The fraction of sp³-hybridized carbons (Fsp3) is 0.286. The highest BCUT2D eigenvalue weighted by Gasteiger charge is 2.29. The van der Waals surface area contributed by atoms with Gasteiger partial charge < -0.3 is 10.5 Å². The molecule has 0 radical (unpaired) electrons. The fourth-order valence-corrected chi connectivity index (χ4v) is 1.89. The van der Waals surface area contributed by atoms with Crippen molar-refractivity contribution in [3.8, 4) is 5.75 Å². The summed E-state index contributed by atoms with van der Waals surface area (Å²) in [7, 11) is 1.42. The summed E-state index contributed by atoms with van der Waals surface area (Å²) in [5.74, 6) is 0.248. The zero-order valence-electron chi connectivity index (χ0n) is 12.1. The maximum atomic E-state index is 12.4. The van der Waals surface area contributed by atoms with E-state index in [1.165, 1.54) is 19.2 Å². The predicted molar refractivity (Wildman–Crippen MR) is 77.3 cm³/mol. The molecule has 0 saturated carbocycles. The summed E-state index contributed by atoms with van der Waals surface area (Å²) in [4.78, 5) is 23.6. The Morgan fingerprint density at radius 1 is 1.17 bits per heavy atom. The molecule has 1 heterocycles. The largest absolute Gasteiger partial charge is 0.492 e. The molecule has 0 atom stereocenters. The van der Waals surface area contributed by atoms with E-state index in [0.29, 0.717) is 0 Å². The molecule has 0 bridgehead atoms. The Morgan fingerprint density at radius 2 is 1.78 bits per heavy atom. The monoisotopic (exact) mass is 329 g/mol. The van der Waals surface area contributed by atoms with Crippen LogP contribution in [0.3, 0.4) is 0 Å². The van der Waals surface area contributed by atoms with Gasteiger partial charge in [-0.1, -0.05) is 0 Å². The number of benzene rings is 1. The molecule has 0 aliphatic rings. The molecular formula is C14H14F3N3O3. The Morgan fingerprint density at radius 3 is 2.35 bits per heavy atom. The predicted octanol–water partition coefficient (Wildman–Crippen LogP) is 1.23. The minimum atomic E-state index is -4.41. The van der Waals surface area contributed by atoms with Crippen molar-refractivity contribution in [2.24, 2.45) is 7.05 Å². The van der Waals surface area contributed by atoms with Gasteiger partial charge in [0, 0.05) is 13.1 Å². The quantitative estimate of drug-likeness (QED) is 0.915. The lowest BCUT2D eigenvalue weighted by atomic mass is 10.2. The van der Waals surface area contributed by atoms with Gasteiger partial charge in [0.2, 0.25) is 0 Å². The van der Waals surface area contributed by atoms with Gasteiger partial charge in [0.05, 0.1) is 12.1 Å². The van der Waals surface area contributed by atoms with Crippen LogP contribution >= 0.6 is 0 Å². The Balaban J connectivity index is 2.05. The van der Waals surface area contributed by atoms with Crippen LogP contribution in [-0.2, 0) is 19.8 Å². The van der Waals surface area contributed by atoms with Crippen molar-refractivity contribution in [3.63, 3.8) is 0 Å². The molecule has 0 unspecified atom stereocenters. The Kier molecular flexibility index (Phi) is 4.48. The fourth-order valence-electron chi connectivity index (χ4n) is 1.89. The third kappa shape index (κ3) is 3.74. The first kappa shape index (κ1) is 16.7. The molecule has 1 aromatic heterocycles. The van der Waals surface area contributed by atoms with Gasteiger partial charge in [0.25, 0.3) is 5.56 Å². The van der Waals surface area contributed by atoms with E-state index in [9.17, 15) is 22.8 Å². The van der Waals surface area contributed by atoms with Gasteiger partial charge in [-0.25, -0.2) is 4.79 Å². The molecule has 6 nitrogen and oxygen atoms in total. The summed E-state index contributed by atoms with van der Waals surface area (Å²) in [5.41, 5.74) is 3.54. The highest BCUT2D eigenvalue weighted by molar-refractivity contribution is 5.29. The molecule has 9 heteroatoms. The van der Waals surface area contributed by atoms with E-state index >= 15 is 0 Å². The van der Waals surface area contributed by atoms with Crippen molar-refractivity contribution in [1.29, 1.82) is 0 Å². The van der Waals surface area contributed by atoms with Crippen molar-refractivity contribution in [2.75, 3.05) is 12.3 Å². The van der Waals surface area contributed by atoms with E-state index < -0.39 is 23.0 Å². The zero-order chi connectivity index (χ0) is 17.2. The number of nitrogens with two attached hydrogens (primary N) is 1. The highest BCUT2D eigenvalue weighted by atomic mass is 19.4. The summed E-state index contributed by atoms with van der Waals surface area (Å²) in [6, 6.07) is 5.24. The van der Waals surface area contributed by atoms with Crippen LogP contribution in [0.5, 0.6) is 5.75 Å². The first-order valence-electron chi connectivity index (χ1n) is 6.56. The van der Waals surface area contributed by atoms with Crippen LogP contribution in [-0.4, -0.2) is 15.7 Å². The Bertz CT molecular complexity index is 807. The molecule has 0 aliphatic heterocycles. The molecule has 0 fully saturated rings. The molecule has 2 rings (SSSR count). The van der Waals surface area contributed by atoms with Crippen LogP contribution in [0.4, 0.5) is 19.0 Å². The summed E-state index contributed by atoms with van der Waals surface area (Å²) in [6.45, 7) is -0.1000. The zero-order valence-corrected chi connectivity index (χ0v) is 12.1. The van der Waals surface area contributed by atoms with E-state index in [-0.39, 0.29) is 24.7 Å². The van der Waals surface area contributed by atoms with Crippen LogP contribution in [0.25, 0.3) is 0 Å². The van der Waals surface area contributed by atoms with Crippen molar-refractivity contribution >= 4 is 5.82 Å². The van der Waals surface area contributed by atoms with Gasteiger partial charge in [0.1, 0.15) is 18.2 Å². The maximum absolute atomic E-state index is 12.4. The Labute approximate surface area is 128 Å². The molecule has 23 heavy (non-hydrogen) atoms. The van der Waals surface area contributed by atoms with Crippen molar-refractivity contribution in [2.45, 2.75) is 12.7 Å². The summed E-state index contributed by atoms with van der Waals surface area (Å²) < 4.78 is 44.6. The van der Waals surface area contributed by atoms with Crippen LogP contribution in [0, 0.1) is 0 Å². The normalized spacial score (nSPS) is 11.5. The number of nitrogen functional groups attached to an aromatic ring is 1. The minimum Gasteiger partial charge on any atom is -0.492 e. The second-order valence-electron chi connectivity index (χ2n) is 4.77. The number of halogens is 3. The molecule has 2 aromatic rings. The van der Waals surface area contributed by atoms with E-state index in [1.807, 2.05) is 0 Å². The summed E-state index contributed by atoms with van der Waals surface area (Å²) in [6.07, 6.45) is -4.41. The van der Waals surface area contributed by atoms with Crippen LogP contribution < -0.4 is 21.7 Å². The number of ether oxygens (including phenoxy) is 1. The second-order valence-corrected chi connectivity index (χ2v) is 4.77. The van der Waals surface area contributed by atoms with Crippen LogP contribution in [0.1, 0.15) is 5.56 Å². The third-order valence-electron chi connectivity index (χ3n) is 3.21. The molecular weight excluding hydrogens is 315 g/mol. The molecule has 2 N–H and O–H groups in total. The molecule has 124 valence electrons. The van der Waals surface area contributed by atoms with Gasteiger partial charge in [0.15, 0.2) is 0 Å².